The summed E-state index contributed by atoms with van der Waals surface area (Å²) in [7, 11) is 1.31. The lowest BCUT2D eigenvalue weighted by Crippen LogP contribution is -2.44. The van der Waals surface area contributed by atoms with E-state index >= 15 is 0 Å². The molecule has 7 nitrogen and oxygen atoms in total. The van der Waals surface area contributed by atoms with Crippen LogP contribution in [-0.2, 0) is 19.1 Å². The summed E-state index contributed by atoms with van der Waals surface area (Å²) in [5.74, 6) is -3.43. The number of hydrogen-bond acceptors (Lipinski definition) is 4. The number of nitrogens with one attached hydrogen (secondary N) is 1. The molecule has 0 radical (unpaired) electrons. The van der Waals surface area contributed by atoms with Crippen molar-refractivity contribution in [2.24, 2.45) is 0 Å². The van der Waals surface area contributed by atoms with E-state index < -0.39 is 36.4 Å². The molecule has 1 aromatic carbocycles. The van der Waals surface area contributed by atoms with Crippen LogP contribution in [0, 0.1) is 0 Å². The molecule has 3 N–H and O–H groups in total. The van der Waals surface area contributed by atoms with Gasteiger partial charge in [0.1, 0.15) is 6.04 Å². The fourth-order valence-electron chi connectivity index (χ4n) is 1.64. The third kappa shape index (κ3) is 4.36. The Morgan fingerprint density at radius 1 is 1.20 bits per heavy atom. The van der Waals surface area contributed by atoms with Crippen molar-refractivity contribution in [2.45, 2.75) is 18.6 Å². The van der Waals surface area contributed by atoms with Crippen LogP contribution in [-0.4, -0.2) is 41.2 Å². The molecular formula is C13H15NO6. The third-order valence-corrected chi connectivity index (χ3v) is 2.57. The monoisotopic (exact) mass is 281 g/mol. The highest BCUT2D eigenvalue weighted by Crippen LogP contribution is 2.16. The van der Waals surface area contributed by atoms with Crippen LogP contribution in [0.25, 0.3) is 0 Å². The van der Waals surface area contributed by atoms with E-state index in [4.69, 9.17) is 14.9 Å². The van der Waals surface area contributed by atoms with Gasteiger partial charge in [-0.1, -0.05) is 30.3 Å². The average molecular weight is 281 g/mol. The lowest BCUT2D eigenvalue weighted by atomic mass is 10.1. The molecule has 0 saturated carbocycles. The number of ether oxygens (including phenoxy) is 1. The fraction of sp³-hybridized carbons (Fsp3) is 0.308. The molecule has 0 saturated heterocycles. The Labute approximate surface area is 115 Å². The van der Waals surface area contributed by atoms with Crippen molar-refractivity contribution in [3.05, 3.63) is 35.9 Å². The summed E-state index contributed by atoms with van der Waals surface area (Å²) in [5.41, 5.74) is 0.548. The first kappa shape index (κ1) is 15.6. The number of rotatable bonds is 7. The Morgan fingerprint density at radius 3 is 2.25 bits per heavy atom. The Bertz CT molecular complexity index is 487. The van der Waals surface area contributed by atoms with Crippen molar-refractivity contribution in [2.75, 3.05) is 7.11 Å². The molecule has 0 aliphatic carbocycles. The van der Waals surface area contributed by atoms with E-state index in [2.05, 4.69) is 5.32 Å². The van der Waals surface area contributed by atoms with Crippen LogP contribution in [0.1, 0.15) is 18.1 Å². The minimum Gasteiger partial charge on any atom is -0.481 e. The number of methoxy groups -OCH3 is 1. The van der Waals surface area contributed by atoms with Gasteiger partial charge in [0.05, 0.1) is 6.42 Å². The van der Waals surface area contributed by atoms with Crippen LogP contribution in [0.4, 0.5) is 0 Å². The highest BCUT2D eigenvalue weighted by atomic mass is 16.5. The molecule has 0 aliphatic heterocycles. The molecule has 2 atom stereocenters. The van der Waals surface area contributed by atoms with Gasteiger partial charge in [-0.2, -0.15) is 0 Å². The first-order chi connectivity index (χ1) is 9.45. The van der Waals surface area contributed by atoms with E-state index in [1.54, 1.807) is 30.3 Å². The van der Waals surface area contributed by atoms with Gasteiger partial charge in [-0.15, -0.1) is 0 Å². The molecule has 0 spiro atoms. The number of amides is 1. The Balaban J connectivity index is 2.81. The molecule has 20 heavy (non-hydrogen) atoms. The van der Waals surface area contributed by atoms with E-state index in [1.807, 2.05) is 0 Å². The van der Waals surface area contributed by atoms with Gasteiger partial charge in [0.15, 0.2) is 6.10 Å². The minimum atomic E-state index is -1.50. The van der Waals surface area contributed by atoms with Crippen molar-refractivity contribution < 1.29 is 29.3 Å². The van der Waals surface area contributed by atoms with Gasteiger partial charge in [-0.3, -0.25) is 9.59 Å². The first-order valence-corrected chi connectivity index (χ1v) is 5.78. The van der Waals surface area contributed by atoms with Crippen LogP contribution in [0.15, 0.2) is 30.3 Å². The summed E-state index contributed by atoms with van der Waals surface area (Å²) in [5, 5.41) is 19.6. The number of hydrogen-bond donors (Lipinski definition) is 3. The summed E-state index contributed by atoms with van der Waals surface area (Å²) in [6.07, 6.45) is -1.70. The van der Waals surface area contributed by atoms with Crippen LogP contribution < -0.4 is 5.32 Å². The van der Waals surface area contributed by atoms with Crippen LogP contribution in [0.5, 0.6) is 0 Å². The predicted octanol–water partition coefficient (Wildman–Crippen LogP) is 0.418. The molecule has 7 heteroatoms. The zero-order valence-corrected chi connectivity index (χ0v) is 10.8. The maximum Gasteiger partial charge on any atom is 0.326 e. The molecule has 0 aromatic heterocycles. The molecule has 1 rings (SSSR count). The minimum absolute atomic E-state index is 0.548. The number of aliphatic carboxylic acids is 2. The van der Waals surface area contributed by atoms with Gasteiger partial charge in [-0.25, -0.2) is 4.79 Å². The number of carboxylic acids is 2. The second-order valence-corrected chi connectivity index (χ2v) is 4.02. The molecule has 0 bridgehead atoms. The van der Waals surface area contributed by atoms with E-state index in [0.29, 0.717) is 5.56 Å². The number of carbonyl (C=O) groups is 3. The summed E-state index contributed by atoms with van der Waals surface area (Å²) in [6, 6.07) is 6.99. The standard InChI is InChI=1S/C13H15NO6/c1-20-11(8-5-3-2-4-6-8)12(17)14-9(13(18)19)7-10(15)16/h2-6,9,11H,7H2,1H3,(H,14,17)(H,15,16)(H,18,19)/t9-,11+/m1/s1. The molecule has 0 fully saturated rings. The Morgan fingerprint density at radius 2 is 1.80 bits per heavy atom. The summed E-state index contributed by atoms with van der Waals surface area (Å²) in [6.45, 7) is 0. The zero-order chi connectivity index (χ0) is 15.1. The number of benzene rings is 1. The zero-order valence-electron chi connectivity index (χ0n) is 10.8. The molecule has 1 amide bonds. The van der Waals surface area contributed by atoms with E-state index in [-0.39, 0.29) is 0 Å². The quantitative estimate of drug-likeness (QED) is 0.667. The van der Waals surface area contributed by atoms with Gasteiger partial charge in [0.2, 0.25) is 0 Å². The van der Waals surface area contributed by atoms with Crippen molar-refractivity contribution >= 4 is 17.8 Å². The molecule has 0 unspecified atom stereocenters. The van der Waals surface area contributed by atoms with Gasteiger partial charge in [-0.05, 0) is 5.56 Å². The third-order valence-electron chi connectivity index (χ3n) is 2.57. The number of carbonyl (C=O) groups excluding carboxylic acids is 1. The maximum absolute atomic E-state index is 12.0. The fourth-order valence-corrected chi connectivity index (χ4v) is 1.64. The largest absolute Gasteiger partial charge is 0.481 e. The Hall–Kier alpha value is -2.41. The summed E-state index contributed by atoms with van der Waals surface area (Å²) < 4.78 is 5.03. The van der Waals surface area contributed by atoms with Crippen molar-refractivity contribution in [3.8, 4) is 0 Å². The smallest absolute Gasteiger partial charge is 0.326 e. The summed E-state index contributed by atoms with van der Waals surface area (Å²) in [4.78, 5) is 33.4. The van der Waals surface area contributed by atoms with Crippen molar-refractivity contribution in [1.29, 1.82) is 0 Å². The maximum atomic E-state index is 12.0. The normalized spacial score (nSPS) is 13.2. The van der Waals surface area contributed by atoms with Crippen molar-refractivity contribution in [1.82, 2.24) is 5.32 Å². The van der Waals surface area contributed by atoms with E-state index in [0.717, 1.165) is 0 Å². The van der Waals surface area contributed by atoms with Gasteiger partial charge >= 0.3 is 11.9 Å². The molecule has 1 aromatic rings. The van der Waals surface area contributed by atoms with Crippen molar-refractivity contribution in [3.63, 3.8) is 0 Å². The van der Waals surface area contributed by atoms with E-state index in [1.165, 1.54) is 7.11 Å². The number of carboxylic acid groups (broad SMARTS) is 2. The second-order valence-electron chi connectivity index (χ2n) is 4.02. The highest BCUT2D eigenvalue weighted by molar-refractivity contribution is 5.89. The summed E-state index contributed by atoms with van der Waals surface area (Å²) >= 11 is 0. The predicted molar refractivity (Wildman–Crippen MR) is 68.0 cm³/mol. The Kier molecular flexibility index (Phi) is 5.67. The van der Waals surface area contributed by atoms with E-state index in [9.17, 15) is 14.4 Å². The molecular weight excluding hydrogens is 266 g/mol. The van der Waals surface area contributed by atoms with Crippen LogP contribution in [0.3, 0.4) is 0 Å². The molecule has 0 aliphatic rings. The van der Waals surface area contributed by atoms with Gasteiger partial charge < -0.3 is 20.3 Å². The lowest BCUT2D eigenvalue weighted by Gasteiger charge is -2.18. The van der Waals surface area contributed by atoms with Gasteiger partial charge in [0.25, 0.3) is 5.91 Å². The highest BCUT2D eigenvalue weighted by Gasteiger charge is 2.27. The van der Waals surface area contributed by atoms with Crippen LogP contribution >= 0.6 is 0 Å². The first-order valence-electron chi connectivity index (χ1n) is 5.78. The SMILES string of the molecule is CO[C@H](C(=O)N[C@H](CC(=O)O)C(=O)O)c1ccccc1. The average Bonchev–Trinajstić information content (AvgIpc) is 2.39. The van der Waals surface area contributed by atoms with Gasteiger partial charge in [0, 0.05) is 7.11 Å². The topological polar surface area (TPSA) is 113 Å². The molecule has 0 heterocycles. The molecule has 108 valence electrons. The lowest BCUT2D eigenvalue weighted by molar-refractivity contribution is -0.148. The van der Waals surface area contributed by atoms with Crippen LogP contribution in [0.2, 0.25) is 0 Å². The second kappa shape index (κ2) is 7.25.